The summed E-state index contributed by atoms with van der Waals surface area (Å²) in [6.07, 6.45) is 5.59. The van der Waals surface area contributed by atoms with Gasteiger partial charge < -0.3 is 19.6 Å². The first kappa shape index (κ1) is 19.9. The number of hydrogen-bond donors (Lipinski definition) is 2. The number of nitrogens with one attached hydrogen (secondary N) is 2. The van der Waals surface area contributed by atoms with Gasteiger partial charge in [-0.2, -0.15) is 0 Å². The molecule has 1 fully saturated rings. The predicted molar refractivity (Wildman–Crippen MR) is 113 cm³/mol. The van der Waals surface area contributed by atoms with Gasteiger partial charge >= 0.3 is 0 Å². The fraction of sp³-hybridized carbons (Fsp3) is 0.364. The number of aromatic nitrogens is 3. The molecule has 0 radical (unpaired) electrons. The van der Waals surface area contributed by atoms with E-state index in [9.17, 15) is 9.59 Å². The van der Waals surface area contributed by atoms with Crippen LogP contribution >= 0.6 is 0 Å². The number of furan rings is 1. The van der Waals surface area contributed by atoms with Crippen molar-refractivity contribution in [2.24, 2.45) is 5.92 Å². The molecule has 1 amide bonds. The third-order valence-electron chi connectivity index (χ3n) is 5.38. The lowest BCUT2D eigenvalue weighted by Crippen LogP contribution is -2.40. The van der Waals surface area contributed by atoms with Gasteiger partial charge in [0.15, 0.2) is 0 Å². The third-order valence-corrected chi connectivity index (χ3v) is 5.38. The smallest absolute Gasteiger partial charge is 0.251 e. The molecule has 30 heavy (non-hydrogen) atoms. The Kier molecular flexibility index (Phi) is 5.92. The van der Waals surface area contributed by atoms with E-state index in [1.165, 1.54) is 6.07 Å². The number of nitrogens with zero attached hydrogens (tertiary/aromatic N) is 3. The summed E-state index contributed by atoms with van der Waals surface area (Å²) in [7, 11) is 0. The third kappa shape index (κ3) is 4.59. The molecule has 156 valence electrons. The minimum Gasteiger partial charge on any atom is -0.467 e. The van der Waals surface area contributed by atoms with E-state index in [-0.39, 0.29) is 17.4 Å². The van der Waals surface area contributed by atoms with Crippen molar-refractivity contribution >= 4 is 11.7 Å². The summed E-state index contributed by atoms with van der Waals surface area (Å²) in [5, 5.41) is 2.95. The molecular weight excluding hydrogens is 382 g/mol. The van der Waals surface area contributed by atoms with Gasteiger partial charge in [0.05, 0.1) is 12.8 Å². The van der Waals surface area contributed by atoms with E-state index in [0.29, 0.717) is 18.8 Å². The van der Waals surface area contributed by atoms with Crippen molar-refractivity contribution in [3.63, 3.8) is 0 Å². The van der Waals surface area contributed by atoms with Crippen LogP contribution in [0.1, 0.15) is 31.2 Å². The average Bonchev–Trinajstić information content (AvgIpc) is 3.31. The van der Waals surface area contributed by atoms with Crippen LogP contribution in [0.15, 0.2) is 52.0 Å². The second-order valence-electron chi connectivity index (χ2n) is 7.40. The minimum atomic E-state index is -0.159. The number of hydrogen-bond acceptors (Lipinski definition) is 6. The van der Waals surface area contributed by atoms with Gasteiger partial charge in [0.1, 0.15) is 17.4 Å². The van der Waals surface area contributed by atoms with Crippen LogP contribution in [0.5, 0.6) is 0 Å². The molecule has 0 atom stereocenters. The topological polar surface area (TPSA) is 104 Å². The Morgan fingerprint density at radius 1 is 1.30 bits per heavy atom. The zero-order valence-corrected chi connectivity index (χ0v) is 16.9. The molecule has 8 nitrogen and oxygen atoms in total. The average molecular weight is 407 g/mol. The second-order valence-corrected chi connectivity index (χ2v) is 7.40. The number of pyridine rings is 1. The molecule has 0 unspecified atom stereocenters. The van der Waals surface area contributed by atoms with E-state index in [0.717, 1.165) is 48.8 Å². The molecule has 8 heteroatoms. The summed E-state index contributed by atoms with van der Waals surface area (Å²) in [5.41, 5.74) is 1.37. The largest absolute Gasteiger partial charge is 0.467 e. The lowest BCUT2D eigenvalue weighted by Gasteiger charge is -2.32. The Balaban J connectivity index is 1.34. The van der Waals surface area contributed by atoms with E-state index in [4.69, 9.17) is 4.42 Å². The Morgan fingerprint density at radius 2 is 2.13 bits per heavy atom. The molecule has 4 rings (SSSR count). The summed E-state index contributed by atoms with van der Waals surface area (Å²) in [6, 6.07) is 9.03. The summed E-state index contributed by atoms with van der Waals surface area (Å²) in [6.45, 7) is 3.93. The molecule has 1 saturated heterocycles. The van der Waals surface area contributed by atoms with Crippen LogP contribution in [0.2, 0.25) is 0 Å². The fourth-order valence-electron chi connectivity index (χ4n) is 3.64. The molecule has 1 aliphatic rings. The number of aromatic amines is 1. The van der Waals surface area contributed by atoms with Crippen LogP contribution in [0, 0.1) is 5.92 Å². The van der Waals surface area contributed by atoms with Gasteiger partial charge in [0, 0.05) is 42.5 Å². The van der Waals surface area contributed by atoms with E-state index in [1.54, 1.807) is 12.5 Å². The van der Waals surface area contributed by atoms with E-state index in [2.05, 4.69) is 25.2 Å². The number of carbonyl (C=O) groups excluding carboxylic acids is 1. The summed E-state index contributed by atoms with van der Waals surface area (Å²) in [5.74, 6) is 2.22. The SMILES string of the molecule is CCc1cc(=O)[nH]c(-c2ccc(N3CCC(C(=O)NCc4ccco4)CC3)nc2)n1. The monoisotopic (exact) mass is 407 g/mol. The quantitative estimate of drug-likeness (QED) is 0.651. The standard InChI is InChI=1S/C22H25N5O3/c1-2-17-12-20(28)26-21(25-17)16-5-6-19(23-13-16)27-9-7-15(8-10-27)22(29)24-14-18-4-3-11-30-18/h3-6,11-13,15H,2,7-10,14H2,1H3,(H,24,29)(H,25,26,28). The molecule has 0 bridgehead atoms. The zero-order chi connectivity index (χ0) is 20.9. The molecule has 0 aromatic carbocycles. The minimum absolute atomic E-state index is 0.00143. The highest BCUT2D eigenvalue weighted by molar-refractivity contribution is 5.78. The first-order valence-corrected chi connectivity index (χ1v) is 10.2. The predicted octanol–water partition coefficient (Wildman–Crippen LogP) is 2.52. The van der Waals surface area contributed by atoms with Crippen molar-refractivity contribution in [3.8, 4) is 11.4 Å². The normalized spacial score (nSPS) is 14.6. The lowest BCUT2D eigenvalue weighted by molar-refractivity contribution is -0.125. The van der Waals surface area contributed by atoms with Crippen molar-refractivity contribution in [2.75, 3.05) is 18.0 Å². The van der Waals surface area contributed by atoms with Crippen LogP contribution in [0.3, 0.4) is 0 Å². The highest BCUT2D eigenvalue weighted by atomic mass is 16.3. The molecule has 2 N–H and O–H groups in total. The highest BCUT2D eigenvalue weighted by Crippen LogP contribution is 2.23. The maximum absolute atomic E-state index is 12.4. The number of H-pyrrole nitrogens is 1. The maximum atomic E-state index is 12.4. The van der Waals surface area contributed by atoms with E-state index in [1.807, 2.05) is 31.2 Å². The number of anilines is 1. The van der Waals surface area contributed by atoms with E-state index < -0.39 is 0 Å². The van der Waals surface area contributed by atoms with Gasteiger partial charge in [-0.05, 0) is 43.5 Å². The summed E-state index contributed by atoms with van der Waals surface area (Å²) >= 11 is 0. The van der Waals surface area contributed by atoms with Crippen molar-refractivity contribution in [2.45, 2.75) is 32.7 Å². The Bertz CT molecular complexity index is 1040. The van der Waals surface area contributed by atoms with Crippen LogP contribution < -0.4 is 15.8 Å². The Hall–Kier alpha value is -3.42. The molecular formula is C22H25N5O3. The number of amides is 1. The van der Waals surface area contributed by atoms with Crippen LogP contribution in [-0.4, -0.2) is 33.9 Å². The lowest BCUT2D eigenvalue weighted by atomic mass is 9.96. The van der Waals surface area contributed by atoms with Crippen molar-refractivity contribution < 1.29 is 9.21 Å². The Labute approximate surface area is 174 Å². The molecule has 1 aliphatic heterocycles. The van der Waals surface area contributed by atoms with Gasteiger partial charge in [0.25, 0.3) is 5.56 Å². The Morgan fingerprint density at radius 3 is 2.80 bits per heavy atom. The molecule has 4 heterocycles. The molecule has 3 aromatic rings. The van der Waals surface area contributed by atoms with Gasteiger partial charge in [-0.25, -0.2) is 9.97 Å². The highest BCUT2D eigenvalue weighted by Gasteiger charge is 2.25. The van der Waals surface area contributed by atoms with Gasteiger partial charge in [0.2, 0.25) is 5.91 Å². The number of carbonyl (C=O) groups is 1. The molecule has 0 saturated carbocycles. The van der Waals surface area contributed by atoms with Gasteiger partial charge in [-0.15, -0.1) is 0 Å². The second kappa shape index (κ2) is 8.94. The van der Waals surface area contributed by atoms with Gasteiger partial charge in [-0.3, -0.25) is 9.59 Å². The number of aryl methyl sites for hydroxylation is 1. The number of rotatable bonds is 6. The zero-order valence-electron chi connectivity index (χ0n) is 16.9. The summed E-state index contributed by atoms with van der Waals surface area (Å²) < 4.78 is 5.25. The van der Waals surface area contributed by atoms with Crippen molar-refractivity contribution in [1.82, 2.24) is 20.3 Å². The van der Waals surface area contributed by atoms with Gasteiger partial charge in [-0.1, -0.05) is 6.92 Å². The molecule has 3 aromatic heterocycles. The fourth-order valence-corrected chi connectivity index (χ4v) is 3.64. The van der Waals surface area contributed by atoms with Crippen molar-refractivity contribution in [1.29, 1.82) is 0 Å². The first-order chi connectivity index (χ1) is 14.6. The molecule has 0 aliphatic carbocycles. The number of piperidine rings is 1. The van der Waals surface area contributed by atoms with Crippen LogP contribution in [0.25, 0.3) is 11.4 Å². The van der Waals surface area contributed by atoms with Crippen LogP contribution in [0.4, 0.5) is 5.82 Å². The summed E-state index contributed by atoms with van der Waals surface area (Å²) in [4.78, 5) is 38.2. The van der Waals surface area contributed by atoms with E-state index >= 15 is 0 Å². The van der Waals surface area contributed by atoms with Crippen molar-refractivity contribution in [3.05, 3.63) is 64.6 Å². The first-order valence-electron chi connectivity index (χ1n) is 10.2. The maximum Gasteiger partial charge on any atom is 0.251 e. The molecule has 0 spiro atoms. The van der Waals surface area contributed by atoms with Crippen LogP contribution in [-0.2, 0) is 17.8 Å².